The van der Waals surface area contributed by atoms with Gasteiger partial charge in [0.2, 0.25) is 0 Å². The molecule has 0 aromatic rings. The molecule has 2 aliphatic heterocycles. The largest absolute Gasteiger partial charge is 0.480 e. The van der Waals surface area contributed by atoms with Crippen molar-refractivity contribution < 1.29 is 14.7 Å². The lowest BCUT2D eigenvalue weighted by Crippen LogP contribution is -2.51. The summed E-state index contributed by atoms with van der Waals surface area (Å²) in [7, 11) is 0. The van der Waals surface area contributed by atoms with E-state index in [1.54, 1.807) is 0 Å². The van der Waals surface area contributed by atoms with Gasteiger partial charge in [-0.25, -0.2) is 4.79 Å². The molecule has 0 aliphatic carbocycles. The fraction of sp³-hybridized carbons (Fsp3) is 0.867. The summed E-state index contributed by atoms with van der Waals surface area (Å²) in [5.74, 6) is -0.104. The molecule has 2 saturated heterocycles. The van der Waals surface area contributed by atoms with E-state index in [2.05, 4.69) is 13.8 Å². The molecule has 6 nitrogen and oxygen atoms in total. The quantitative estimate of drug-likeness (QED) is 0.835. The number of rotatable bonds is 2. The Morgan fingerprint density at radius 2 is 1.86 bits per heavy atom. The van der Waals surface area contributed by atoms with E-state index < -0.39 is 5.97 Å². The van der Waals surface area contributed by atoms with Crippen LogP contribution in [-0.2, 0) is 4.79 Å². The van der Waals surface area contributed by atoms with Crippen molar-refractivity contribution in [1.29, 1.82) is 0 Å². The van der Waals surface area contributed by atoms with Crippen LogP contribution in [0.15, 0.2) is 0 Å². The first-order valence-corrected chi connectivity index (χ1v) is 7.97. The summed E-state index contributed by atoms with van der Waals surface area (Å²) >= 11 is 0. The normalized spacial score (nSPS) is 28.3. The van der Waals surface area contributed by atoms with Crippen molar-refractivity contribution in [3.8, 4) is 0 Å². The van der Waals surface area contributed by atoms with Gasteiger partial charge < -0.3 is 14.9 Å². The first-order valence-electron chi connectivity index (χ1n) is 7.97. The molecule has 6 heteroatoms. The zero-order chi connectivity index (χ0) is 15.4. The third kappa shape index (κ3) is 4.33. The minimum Gasteiger partial charge on any atom is -0.480 e. The second kappa shape index (κ2) is 7.11. The smallest absolute Gasteiger partial charge is 0.320 e. The lowest BCUT2D eigenvalue weighted by atomic mass is 9.94. The number of likely N-dealkylation sites (tertiary alicyclic amines) is 1. The molecule has 0 aromatic carbocycles. The number of carboxylic acid groups (broad SMARTS) is 1. The highest BCUT2D eigenvalue weighted by Gasteiger charge is 2.30. The van der Waals surface area contributed by atoms with Gasteiger partial charge in [-0.2, -0.15) is 0 Å². The van der Waals surface area contributed by atoms with Crippen molar-refractivity contribution >= 4 is 12.0 Å². The number of amides is 2. The lowest BCUT2D eigenvalue weighted by molar-refractivity contribution is -0.138. The Balaban J connectivity index is 1.89. The molecule has 2 fully saturated rings. The third-order valence-corrected chi connectivity index (χ3v) is 4.60. The van der Waals surface area contributed by atoms with Crippen molar-refractivity contribution in [3.05, 3.63) is 0 Å². The Bertz CT molecular complexity index is 388. The molecule has 2 heterocycles. The number of carbonyl (C=O) groups is 2. The summed E-state index contributed by atoms with van der Waals surface area (Å²) in [6.45, 7) is 8.05. The molecule has 2 rings (SSSR count). The van der Waals surface area contributed by atoms with Gasteiger partial charge in [-0.3, -0.25) is 9.69 Å². The second-order valence-electron chi connectivity index (χ2n) is 6.47. The van der Waals surface area contributed by atoms with E-state index in [4.69, 9.17) is 5.11 Å². The highest BCUT2D eigenvalue weighted by atomic mass is 16.4. The molecule has 0 spiro atoms. The number of carboxylic acids is 1. The standard InChI is InChI=1S/C15H27N3O3/c1-12-4-7-18(13(2)10-12)15(21)17-6-3-5-16(8-9-17)11-14(19)20/h12-13H,3-11H2,1-2H3,(H,19,20). The Morgan fingerprint density at radius 3 is 2.52 bits per heavy atom. The molecule has 2 aliphatic rings. The Morgan fingerprint density at radius 1 is 1.10 bits per heavy atom. The Labute approximate surface area is 126 Å². The molecule has 0 saturated carbocycles. The third-order valence-electron chi connectivity index (χ3n) is 4.60. The van der Waals surface area contributed by atoms with Crippen molar-refractivity contribution in [1.82, 2.24) is 14.7 Å². The van der Waals surface area contributed by atoms with Crippen LogP contribution in [0.1, 0.15) is 33.1 Å². The minimum atomic E-state index is -0.798. The monoisotopic (exact) mass is 297 g/mol. The SMILES string of the molecule is CC1CCN(C(=O)N2CCCN(CC(=O)O)CC2)C(C)C1. The van der Waals surface area contributed by atoms with Crippen LogP contribution in [0.4, 0.5) is 4.79 Å². The molecule has 0 aromatic heterocycles. The van der Waals surface area contributed by atoms with Crippen LogP contribution >= 0.6 is 0 Å². The predicted molar refractivity (Wildman–Crippen MR) is 80.2 cm³/mol. The van der Waals surface area contributed by atoms with Gasteiger partial charge >= 0.3 is 12.0 Å². The van der Waals surface area contributed by atoms with Gasteiger partial charge in [0.25, 0.3) is 0 Å². The molecule has 1 N–H and O–H groups in total. The van der Waals surface area contributed by atoms with E-state index in [0.717, 1.165) is 38.9 Å². The summed E-state index contributed by atoms with van der Waals surface area (Å²) in [5.41, 5.74) is 0. The molecule has 2 amide bonds. The Kier molecular flexibility index (Phi) is 5.45. The molecule has 2 unspecified atom stereocenters. The van der Waals surface area contributed by atoms with E-state index in [1.807, 2.05) is 14.7 Å². The molecule has 120 valence electrons. The van der Waals surface area contributed by atoms with Crippen molar-refractivity contribution in [2.24, 2.45) is 5.92 Å². The van der Waals surface area contributed by atoms with E-state index in [-0.39, 0.29) is 12.6 Å². The minimum absolute atomic E-state index is 0.0691. The molecule has 0 bridgehead atoms. The fourth-order valence-corrected chi connectivity index (χ4v) is 3.38. The van der Waals surface area contributed by atoms with Crippen LogP contribution < -0.4 is 0 Å². The molecule has 0 radical (unpaired) electrons. The zero-order valence-corrected chi connectivity index (χ0v) is 13.1. The van der Waals surface area contributed by atoms with Crippen LogP contribution in [0.25, 0.3) is 0 Å². The van der Waals surface area contributed by atoms with Crippen LogP contribution in [0.2, 0.25) is 0 Å². The van der Waals surface area contributed by atoms with Gasteiger partial charge in [0, 0.05) is 38.8 Å². The maximum atomic E-state index is 12.7. The lowest BCUT2D eigenvalue weighted by Gasteiger charge is -2.39. The number of piperidine rings is 1. The Hall–Kier alpha value is -1.30. The highest BCUT2D eigenvalue weighted by molar-refractivity contribution is 5.75. The highest BCUT2D eigenvalue weighted by Crippen LogP contribution is 2.23. The molecule has 21 heavy (non-hydrogen) atoms. The van der Waals surface area contributed by atoms with Crippen LogP contribution in [0, 0.1) is 5.92 Å². The summed E-state index contributed by atoms with van der Waals surface area (Å²) in [5, 5.41) is 8.87. The summed E-state index contributed by atoms with van der Waals surface area (Å²) in [6, 6.07) is 0.436. The number of nitrogens with zero attached hydrogens (tertiary/aromatic N) is 3. The van der Waals surface area contributed by atoms with E-state index >= 15 is 0 Å². The van der Waals surface area contributed by atoms with Gasteiger partial charge in [-0.05, 0) is 32.1 Å². The number of aliphatic carboxylic acids is 1. The van der Waals surface area contributed by atoms with Gasteiger partial charge in [-0.1, -0.05) is 6.92 Å². The number of carbonyl (C=O) groups excluding carboxylic acids is 1. The first-order chi connectivity index (χ1) is 9.97. The average Bonchev–Trinajstić information content (AvgIpc) is 2.63. The van der Waals surface area contributed by atoms with Crippen LogP contribution in [0.3, 0.4) is 0 Å². The average molecular weight is 297 g/mol. The number of hydrogen-bond acceptors (Lipinski definition) is 3. The van der Waals surface area contributed by atoms with Crippen molar-refractivity contribution in [3.63, 3.8) is 0 Å². The van der Waals surface area contributed by atoms with Crippen LogP contribution in [-0.4, -0.2) is 77.1 Å². The molecular formula is C15H27N3O3. The van der Waals surface area contributed by atoms with Crippen LogP contribution in [0.5, 0.6) is 0 Å². The van der Waals surface area contributed by atoms with Gasteiger partial charge in [-0.15, -0.1) is 0 Å². The maximum absolute atomic E-state index is 12.7. The second-order valence-corrected chi connectivity index (χ2v) is 6.47. The van der Waals surface area contributed by atoms with E-state index in [9.17, 15) is 9.59 Å². The van der Waals surface area contributed by atoms with Crippen molar-refractivity contribution in [2.75, 3.05) is 39.3 Å². The summed E-state index contributed by atoms with van der Waals surface area (Å²) < 4.78 is 0. The van der Waals surface area contributed by atoms with E-state index in [1.165, 1.54) is 0 Å². The van der Waals surface area contributed by atoms with Crippen molar-refractivity contribution in [2.45, 2.75) is 39.2 Å². The maximum Gasteiger partial charge on any atom is 0.320 e. The predicted octanol–water partition coefficient (Wildman–Crippen LogP) is 1.32. The topological polar surface area (TPSA) is 64.1 Å². The number of urea groups is 1. The molecule has 2 atom stereocenters. The first kappa shape index (κ1) is 16.1. The van der Waals surface area contributed by atoms with E-state index in [0.29, 0.717) is 25.0 Å². The van der Waals surface area contributed by atoms with Gasteiger partial charge in [0.1, 0.15) is 0 Å². The fourth-order valence-electron chi connectivity index (χ4n) is 3.38. The summed E-state index contributed by atoms with van der Waals surface area (Å²) in [4.78, 5) is 29.3. The zero-order valence-electron chi connectivity index (χ0n) is 13.1. The molecular weight excluding hydrogens is 270 g/mol. The summed E-state index contributed by atoms with van der Waals surface area (Å²) in [6.07, 6.45) is 3.00. The van der Waals surface area contributed by atoms with Gasteiger partial charge in [0.15, 0.2) is 0 Å². The number of hydrogen-bond donors (Lipinski definition) is 1. The van der Waals surface area contributed by atoms with Gasteiger partial charge in [0.05, 0.1) is 6.54 Å².